The molecule has 6 nitrogen and oxygen atoms in total. The molecule has 1 unspecified atom stereocenters. The summed E-state index contributed by atoms with van der Waals surface area (Å²) in [6, 6.07) is 4.94. The van der Waals surface area contributed by atoms with Crippen LogP contribution in [-0.2, 0) is 17.8 Å². The van der Waals surface area contributed by atoms with Crippen LogP contribution in [0, 0.1) is 5.82 Å². The lowest BCUT2D eigenvalue weighted by molar-refractivity contribution is -0.116. The molecule has 1 atom stereocenters. The van der Waals surface area contributed by atoms with Gasteiger partial charge >= 0.3 is 0 Å². The zero-order chi connectivity index (χ0) is 17.9. The minimum absolute atomic E-state index is 0. The highest BCUT2D eigenvalue weighted by Gasteiger charge is 2.20. The van der Waals surface area contributed by atoms with Crippen LogP contribution in [0.25, 0.3) is 11.4 Å². The molecule has 1 fully saturated rings. The molecule has 1 amide bonds. The minimum Gasteiger partial charge on any atom is -0.324 e. The molecular weight excluding hydrogens is 404 g/mol. The third-order valence-corrected chi connectivity index (χ3v) is 5.20. The van der Waals surface area contributed by atoms with E-state index in [-0.39, 0.29) is 42.5 Å². The molecule has 9 heteroatoms. The van der Waals surface area contributed by atoms with Crippen molar-refractivity contribution >= 4 is 36.4 Å². The lowest BCUT2D eigenvalue weighted by atomic mass is 10.1. The summed E-state index contributed by atoms with van der Waals surface area (Å²) in [6.07, 6.45) is 6.76. The number of hydrogen-bond donors (Lipinski definition) is 2. The van der Waals surface area contributed by atoms with E-state index in [1.165, 1.54) is 12.5 Å². The van der Waals surface area contributed by atoms with Gasteiger partial charge in [-0.05, 0) is 50.4 Å². The number of nitrogens with one attached hydrogen (secondary N) is 2. The number of amides is 1. The van der Waals surface area contributed by atoms with E-state index in [1.54, 1.807) is 12.1 Å². The molecule has 2 aliphatic rings. The first kappa shape index (κ1) is 22.6. The zero-order valence-corrected chi connectivity index (χ0v) is 17.3. The second-order valence-corrected chi connectivity index (χ2v) is 7.14. The Morgan fingerprint density at radius 3 is 2.86 bits per heavy atom. The number of carbonyl (C=O) groups excluding carboxylic acids is 1. The van der Waals surface area contributed by atoms with Crippen LogP contribution in [0.5, 0.6) is 0 Å². The summed E-state index contributed by atoms with van der Waals surface area (Å²) in [6.45, 7) is 1.82. The molecule has 2 N–H and O–H groups in total. The van der Waals surface area contributed by atoms with Crippen LogP contribution < -0.4 is 10.6 Å². The predicted octanol–water partition coefficient (Wildman–Crippen LogP) is 3.73. The molecule has 1 saturated heterocycles. The van der Waals surface area contributed by atoms with Gasteiger partial charge in [-0.3, -0.25) is 4.79 Å². The van der Waals surface area contributed by atoms with Crippen molar-refractivity contribution in [2.24, 2.45) is 0 Å². The summed E-state index contributed by atoms with van der Waals surface area (Å²) in [5, 5.41) is 14.6. The first-order valence-corrected chi connectivity index (χ1v) is 9.46. The number of halogens is 3. The SMILES string of the molecule is Cl.Cl.O=C(CC1CCCN1)Nc1cc(-c2nnc3n2CCCCC3)ccc1F. The van der Waals surface area contributed by atoms with E-state index >= 15 is 0 Å². The summed E-state index contributed by atoms with van der Waals surface area (Å²) >= 11 is 0. The number of aryl methyl sites for hydroxylation is 1. The maximum absolute atomic E-state index is 14.2. The highest BCUT2D eigenvalue weighted by atomic mass is 35.5. The normalized spacial score (nSPS) is 18.4. The largest absolute Gasteiger partial charge is 0.324 e. The van der Waals surface area contributed by atoms with Gasteiger partial charge in [0.05, 0.1) is 5.69 Å². The van der Waals surface area contributed by atoms with Gasteiger partial charge in [-0.2, -0.15) is 0 Å². The van der Waals surface area contributed by atoms with Crippen molar-refractivity contribution in [3.8, 4) is 11.4 Å². The molecule has 1 aromatic carbocycles. The number of anilines is 1. The molecule has 4 rings (SSSR count). The minimum atomic E-state index is -0.433. The van der Waals surface area contributed by atoms with Gasteiger partial charge in [0, 0.05) is 31.0 Å². The van der Waals surface area contributed by atoms with E-state index < -0.39 is 5.82 Å². The van der Waals surface area contributed by atoms with Crippen molar-refractivity contribution < 1.29 is 9.18 Å². The molecule has 2 aromatic rings. The van der Waals surface area contributed by atoms with Crippen LogP contribution in [0.2, 0.25) is 0 Å². The Morgan fingerprint density at radius 2 is 2.07 bits per heavy atom. The highest BCUT2D eigenvalue weighted by molar-refractivity contribution is 5.92. The number of aromatic nitrogens is 3. The van der Waals surface area contributed by atoms with Crippen molar-refractivity contribution in [1.82, 2.24) is 20.1 Å². The summed E-state index contributed by atoms with van der Waals surface area (Å²) in [4.78, 5) is 12.2. The summed E-state index contributed by atoms with van der Waals surface area (Å²) in [5.41, 5.74) is 0.984. The van der Waals surface area contributed by atoms with Crippen molar-refractivity contribution in [2.45, 2.75) is 57.5 Å². The molecule has 28 heavy (non-hydrogen) atoms. The van der Waals surface area contributed by atoms with E-state index in [9.17, 15) is 9.18 Å². The van der Waals surface area contributed by atoms with Crippen LogP contribution in [0.1, 0.15) is 44.3 Å². The Morgan fingerprint density at radius 1 is 1.21 bits per heavy atom. The summed E-state index contributed by atoms with van der Waals surface area (Å²) in [7, 11) is 0. The zero-order valence-electron chi connectivity index (χ0n) is 15.6. The number of rotatable bonds is 4. The van der Waals surface area contributed by atoms with Gasteiger partial charge in [-0.15, -0.1) is 35.0 Å². The third-order valence-electron chi connectivity index (χ3n) is 5.20. The Labute approximate surface area is 176 Å². The van der Waals surface area contributed by atoms with Gasteiger partial charge < -0.3 is 15.2 Å². The first-order valence-electron chi connectivity index (χ1n) is 9.46. The molecule has 1 aromatic heterocycles. The van der Waals surface area contributed by atoms with Crippen LogP contribution in [0.3, 0.4) is 0 Å². The molecule has 3 heterocycles. The van der Waals surface area contributed by atoms with Gasteiger partial charge in [0.2, 0.25) is 5.91 Å². The number of benzene rings is 1. The second kappa shape index (κ2) is 10.2. The van der Waals surface area contributed by atoms with Gasteiger partial charge in [-0.25, -0.2) is 4.39 Å². The fourth-order valence-corrected chi connectivity index (χ4v) is 3.81. The molecule has 0 bridgehead atoms. The molecule has 0 aliphatic carbocycles. The van der Waals surface area contributed by atoms with Gasteiger partial charge in [0.1, 0.15) is 11.6 Å². The number of carbonyl (C=O) groups is 1. The quantitative estimate of drug-likeness (QED) is 0.776. The topological polar surface area (TPSA) is 71.8 Å². The predicted molar refractivity (Wildman–Crippen MR) is 112 cm³/mol. The Bertz CT molecular complexity index is 808. The summed E-state index contributed by atoms with van der Waals surface area (Å²) in [5.74, 6) is 1.13. The fourth-order valence-electron chi connectivity index (χ4n) is 3.81. The van der Waals surface area contributed by atoms with E-state index in [4.69, 9.17) is 0 Å². The highest BCUT2D eigenvalue weighted by Crippen LogP contribution is 2.26. The maximum Gasteiger partial charge on any atom is 0.226 e. The van der Waals surface area contributed by atoms with E-state index in [0.717, 1.165) is 62.4 Å². The van der Waals surface area contributed by atoms with E-state index in [0.29, 0.717) is 6.42 Å². The lowest BCUT2D eigenvalue weighted by Crippen LogP contribution is -2.27. The average molecular weight is 430 g/mol. The molecular formula is C19H26Cl2FN5O. The van der Waals surface area contributed by atoms with Crippen LogP contribution >= 0.6 is 24.8 Å². The Hall–Kier alpha value is -1.70. The number of fused-ring (bicyclic) bond motifs is 1. The smallest absolute Gasteiger partial charge is 0.226 e. The monoisotopic (exact) mass is 429 g/mol. The van der Waals surface area contributed by atoms with Crippen molar-refractivity contribution in [2.75, 3.05) is 11.9 Å². The van der Waals surface area contributed by atoms with Crippen LogP contribution in [-0.4, -0.2) is 33.3 Å². The van der Waals surface area contributed by atoms with Crippen molar-refractivity contribution in [3.63, 3.8) is 0 Å². The first-order chi connectivity index (χ1) is 12.7. The average Bonchev–Trinajstić information content (AvgIpc) is 3.21. The van der Waals surface area contributed by atoms with Crippen molar-refractivity contribution in [3.05, 3.63) is 29.8 Å². The number of nitrogens with zero attached hydrogens (tertiary/aromatic N) is 3. The maximum atomic E-state index is 14.2. The lowest BCUT2D eigenvalue weighted by Gasteiger charge is -2.12. The van der Waals surface area contributed by atoms with E-state index in [1.807, 2.05) is 0 Å². The molecule has 0 saturated carbocycles. The van der Waals surface area contributed by atoms with Crippen molar-refractivity contribution in [1.29, 1.82) is 0 Å². The number of hydrogen-bond acceptors (Lipinski definition) is 4. The Balaban J connectivity index is 0.00000140. The van der Waals surface area contributed by atoms with Gasteiger partial charge in [0.25, 0.3) is 0 Å². The second-order valence-electron chi connectivity index (χ2n) is 7.14. The van der Waals surface area contributed by atoms with Gasteiger partial charge in [0.15, 0.2) is 5.82 Å². The standard InChI is InChI=1S/C19H24FN5O.2ClH/c20-15-8-7-13(19-24-23-17-6-2-1-3-10-25(17)19)11-16(15)22-18(26)12-14-5-4-9-21-14;;/h7-8,11,14,21H,1-6,9-10,12H2,(H,22,26);2*1H. The van der Waals surface area contributed by atoms with E-state index in [2.05, 4.69) is 25.4 Å². The summed E-state index contributed by atoms with van der Waals surface area (Å²) < 4.78 is 16.3. The van der Waals surface area contributed by atoms with Crippen LogP contribution in [0.15, 0.2) is 18.2 Å². The molecule has 0 spiro atoms. The van der Waals surface area contributed by atoms with Gasteiger partial charge in [-0.1, -0.05) is 6.42 Å². The third kappa shape index (κ3) is 5.01. The molecule has 154 valence electrons. The fraction of sp³-hybridized carbons (Fsp3) is 0.526. The molecule has 2 aliphatic heterocycles. The van der Waals surface area contributed by atoms with Crippen LogP contribution in [0.4, 0.5) is 10.1 Å². The Kier molecular flexibility index (Phi) is 8.22. The molecule has 0 radical (unpaired) electrons.